The van der Waals surface area contributed by atoms with E-state index in [2.05, 4.69) is 5.10 Å². The molecule has 2 aromatic rings. The van der Waals surface area contributed by atoms with Gasteiger partial charge in [-0.05, 0) is 12.1 Å². The van der Waals surface area contributed by atoms with Crippen LogP contribution in [-0.4, -0.2) is 16.3 Å². The maximum absolute atomic E-state index is 12.4. The molecule has 1 atom stereocenters. The first-order valence-corrected chi connectivity index (χ1v) is 4.87. The number of rotatable bonds is 3. The Balaban J connectivity index is 2.30. The van der Waals surface area contributed by atoms with E-state index in [1.54, 1.807) is 12.1 Å². The van der Waals surface area contributed by atoms with Crippen molar-refractivity contribution < 1.29 is 17.6 Å². The van der Waals surface area contributed by atoms with E-state index in [0.29, 0.717) is 5.76 Å². The molecule has 0 aromatic carbocycles. The van der Waals surface area contributed by atoms with Crippen LogP contribution in [0, 0.1) is 0 Å². The highest BCUT2D eigenvalue weighted by atomic mass is 19.4. The number of aromatic nitrogens is 2. The number of furan rings is 1. The summed E-state index contributed by atoms with van der Waals surface area (Å²) in [6, 6.07) is 2.76. The van der Waals surface area contributed by atoms with E-state index in [9.17, 15) is 13.2 Å². The van der Waals surface area contributed by atoms with Crippen LogP contribution in [-0.2, 0) is 6.18 Å². The van der Waals surface area contributed by atoms with Crippen LogP contribution < -0.4 is 5.73 Å². The van der Waals surface area contributed by atoms with Gasteiger partial charge < -0.3 is 10.2 Å². The lowest BCUT2D eigenvalue weighted by molar-refractivity contribution is -0.137. The van der Waals surface area contributed by atoms with Crippen molar-refractivity contribution in [1.82, 2.24) is 9.78 Å². The van der Waals surface area contributed by atoms with Crippen molar-refractivity contribution in [1.29, 1.82) is 0 Å². The van der Waals surface area contributed by atoms with Gasteiger partial charge >= 0.3 is 6.18 Å². The summed E-state index contributed by atoms with van der Waals surface area (Å²) in [5, 5.41) is 3.67. The van der Waals surface area contributed by atoms with Crippen LogP contribution in [0.2, 0.25) is 0 Å². The second kappa shape index (κ2) is 4.25. The Morgan fingerprint density at radius 1 is 1.47 bits per heavy atom. The number of hydrogen-bond donors (Lipinski definition) is 1. The van der Waals surface area contributed by atoms with Crippen LogP contribution in [0.1, 0.15) is 17.4 Å². The molecule has 0 aliphatic heterocycles. The molecule has 0 bridgehead atoms. The molecule has 0 spiro atoms. The van der Waals surface area contributed by atoms with Crippen molar-refractivity contribution in [3.63, 3.8) is 0 Å². The average molecular weight is 245 g/mol. The van der Waals surface area contributed by atoms with Gasteiger partial charge in [-0.25, -0.2) is 0 Å². The summed E-state index contributed by atoms with van der Waals surface area (Å²) in [6.07, 6.45) is -1.28. The summed E-state index contributed by atoms with van der Waals surface area (Å²) in [6.45, 7) is 0.104. The zero-order chi connectivity index (χ0) is 12.5. The molecule has 2 heterocycles. The van der Waals surface area contributed by atoms with Gasteiger partial charge in [-0.15, -0.1) is 0 Å². The predicted molar refractivity (Wildman–Crippen MR) is 53.1 cm³/mol. The minimum Gasteiger partial charge on any atom is -0.467 e. The highest BCUT2D eigenvalue weighted by Crippen LogP contribution is 2.29. The number of halogens is 3. The Bertz CT molecular complexity index is 475. The lowest BCUT2D eigenvalue weighted by Gasteiger charge is -2.12. The largest absolute Gasteiger partial charge is 0.467 e. The second-order valence-electron chi connectivity index (χ2n) is 3.47. The molecule has 4 nitrogen and oxygen atoms in total. The highest BCUT2D eigenvalue weighted by molar-refractivity contribution is 5.12. The Morgan fingerprint density at radius 3 is 2.71 bits per heavy atom. The van der Waals surface area contributed by atoms with Gasteiger partial charge in [0.2, 0.25) is 0 Å². The van der Waals surface area contributed by atoms with Gasteiger partial charge in [0.15, 0.2) is 0 Å². The van der Waals surface area contributed by atoms with E-state index in [1.165, 1.54) is 6.26 Å². The second-order valence-corrected chi connectivity index (χ2v) is 3.47. The molecule has 17 heavy (non-hydrogen) atoms. The predicted octanol–water partition coefficient (Wildman–Crippen LogP) is 2.04. The Morgan fingerprint density at radius 2 is 2.24 bits per heavy atom. The van der Waals surface area contributed by atoms with E-state index in [4.69, 9.17) is 10.2 Å². The summed E-state index contributed by atoms with van der Waals surface area (Å²) in [4.78, 5) is 0. The molecule has 0 radical (unpaired) electrons. The first-order chi connectivity index (χ1) is 8.02. The topological polar surface area (TPSA) is 57.0 Å². The van der Waals surface area contributed by atoms with Crippen molar-refractivity contribution in [2.75, 3.05) is 6.54 Å². The highest BCUT2D eigenvalue weighted by Gasteiger charge is 2.33. The first-order valence-electron chi connectivity index (χ1n) is 4.87. The maximum Gasteiger partial charge on any atom is 0.419 e. The maximum atomic E-state index is 12.4. The normalized spacial score (nSPS) is 13.9. The van der Waals surface area contributed by atoms with E-state index in [-0.39, 0.29) is 6.54 Å². The Labute approximate surface area is 94.8 Å². The molecule has 0 saturated heterocycles. The minimum absolute atomic E-state index is 0.104. The average Bonchev–Trinajstić information content (AvgIpc) is 2.87. The van der Waals surface area contributed by atoms with Crippen molar-refractivity contribution in [2.24, 2.45) is 5.73 Å². The quantitative estimate of drug-likeness (QED) is 0.900. The fourth-order valence-electron chi connectivity index (χ4n) is 1.49. The van der Waals surface area contributed by atoms with Crippen LogP contribution in [0.4, 0.5) is 13.2 Å². The lowest BCUT2D eigenvalue weighted by Crippen LogP contribution is -2.20. The molecule has 2 aromatic heterocycles. The van der Waals surface area contributed by atoms with Crippen LogP contribution in [0.5, 0.6) is 0 Å². The van der Waals surface area contributed by atoms with E-state index in [1.807, 2.05) is 0 Å². The Hall–Kier alpha value is -1.76. The van der Waals surface area contributed by atoms with Crippen molar-refractivity contribution in [2.45, 2.75) is 12.2 Å². The molecule has 2 N–H and O–H groups in total. The van der Waals surface area contributed by atoms with Crippen molar-refractivity contribution in [3.05, 3.63) is 42.1 Å². The van der Waals surface area contributed by atoms with Crippen LogP contribution in [0.25, 0.3) is 0 Å². The van der Waals surface area contributed by atoms with Crippen LogP contribution in [0.15, 0.2) is 35.2 Å². The SMILES string of the molecule is NCC(c1ccco1)n1cc(C(F)(F)F)cn1. The van der Waals surface area contributed by atoms with Gasteiger partial charge in [0, 0.05) is 12.7 Å². The van der Waals surface area contributed by atoms with Crippen LogP contribution in [0.3, 0.4) is 0 Å². The van der Waals surface area contributed by atoms with E-state index < -0.39 is 17.8 Å². The molecular formula is C10H10F3N3O. The van der Waals surface area contributed by atoms with Crippen LogP contribution >= 0.6 is 0 Å². The van der Waals surface area contributed by atoms with Crippen molar-refractivity contribution in [3.8, 4) is 0 Å². The monoisotopic (exact) mass is 245 g/mol. The smallest absolute Gasteiger partial charge is 0.419 e. The molecule has 0 aliphatic rings. The summed E-state index contributed by atoms with van der Waals surface area (Å²) < 4.78 is 43.5. The van der Waals surface area contributed by atoms with Crippen molar-refractivity contribution >= 4 is 0 Å². The van der Waals surface area contributed by atoms with E-state index in [0.717, 1.165) is 17.1 Å². The van der Waals surface area contributed by atoms with Gasteiger partial charge in [0.1, 0.15) is 11.8 Å². The van der Waals surface area contributed by atoms with E-state index >= 15 is 0 Å². The zero-order valence-corrected chi connectivity index (χ0v) is 8.69. The third kappa shape index (κ3) is 2.33. The lowest BCUT2D eigenvalue weighted by atomic mass is 10.2. The molecular weight excluding hydrogens is 235 g/mol. The third-order valence-corrected chi connectivity index (χ3v) is 2.34. The fourth-order valence-corrected chi connectivity index (χ4v) is 1.49. The standard InChI is InChI=1S/C10H10F3N3O/c11-10(12,13)7-5-15-16(6-7)8(4-14)9-2-1-3-17-9/h1-3,5-6,8H,4,14H2. The summed E-state index contributed by atoms with van der Waals surface area (Å²) >= 11 is 0. The van der Waals surface area contributed by atoms with Gasteiger partial charge in [0.05, 0.1) is 18.0 Å². The molecule has 0 saturated carbocycles. The molecule has 0 aliphatic carbocycles. The molecule has 0 amide bonds. The zero-order valence-electron chi connectivity index (χ0n) is 8.69. The summed E-state index contributed by atoms with van der Waals surface area (Å²) in [7, 11) is 0. The summed E-state index contributed by atoms with van der Waals surface area (Å²) in [5.41, 5.74) is 4.71. The first kappa shape index (κ1) is 11.7. The number of nitrogens with two attached hydrogens (primary N) is 1. The molecule has 92 valence electrons. The Kier molecular flexibility index (Phi) is 2.93. The third-order valence-electron chi connectivity index (χ3n) is 2.34. The van der Waals surface area contributed by atoms with Gasteiger partial charge in [-0.1, -0.05) is 0 Å². The number of hydrogen-bond acceptors (Lipinski definition) is 3. The number of alkyl halides is 3. The molecule has 0 fully saturated rings. The molecule has 1 unspecified atom stereocenters. The molecule has 7 heteroatoms. The van der Waals surface area contributed by atoms with Gasteiger partial charge in [-0.3, -0.25) is 4.68 Å². The number of nitrogens with zero attached hydrogens (tertiary/aromatic N) is 2. The minimum atomic E-state index is -4.40. The fraction of sp³-hybridized carbons (Fsp3) is 0.300. The van der Waals surface area contributed by atoms with Gasteiger partial charge in [0.25, 0.3) is 0 Å². The summed E-state index contributed by atoms with van der Waals surface area (Å²) in [5.74, 6) is 0.476. The van der Waals surface area contributed by atoms with Gasteiger partial charge in [-0.2, -0.15) is 18.3 Å². The molecule has 2 rings (SSSR count).